The van der Waals surface area contributed by atoms with Gasteiger partial charge in [0.05, 0.1) is 43.6 Å². The number of ether oxygens (including phenoxy) is 3. The Bertz CT molecular complexity index is 1390. The van der Waals surface area contributed by atoms with Crippen molar-refractivity contribution < 1.29 is 28.2 Å². The number of thiocarbonyl (C=S) groups is 2. The zero-order chi connectivity index (χ0) is 30.1. The highest BCUT2D eigenvalue weighted by atomic mass is 32.1. The van der Waals surface area contributed by atoms with Gasteiger partial charge in [0.25, 0.3) is 0 Å². The molecule has 0 aliphatic carbocycles. The van der Waals surface area contributed by atoms with Crippen molar-refractivity contribution in [1.82, 2.24) is 21.3 Å². The molecule has 0 amide bonds. The predicted molar refractivity (Wildman–Crippen MR) is 161 cm³/mol. The van der Waals surface area contributed by atoms with E-state index in [1.165, 1.54) is 6.07 Å². The quantitative estimate of drug-likeness (QED) is 0.271. The second kappa shape index (κ2) is 14.6. The fourth-order valence-electron chi connectivity index (χ4n) is 4.36. The van der Waals surface area contributed by atoms with E-state index in [0.717, 1.165) is 11.3 Å². The largest absolute Gasteiger partial charge is 0.497 e. The van der Waals surface area contributed by atoms with Gasteiger partial charge in [-0.15, -0.1) is 0 Å². The molecule has 4 N–H and O–H groups in total. The van der Waals surface area contributed by atoms with Crippen LogP contribution in [0.2, 0.25) is 0 Å². The van der Waals surface area contributed by atoms with Gasteiger partial charge in [0, 0.05) is 17.0 Å². The van der Waals surface area contributed by atoms with Gasteiger partial charge in [-0.3, -0.25) is 0 Å². The summed E-state index contributed by atoms with van der Waals surface area (Å²) < 4.78 is 29.4. The van der Waals surface area contributed by atoms with Gasteiger partial charge in [-0.25, -0.2) is 14.0 Å². The zero-order valence-corrected chi connectivity index (χ0v) is 25.1. The van der Waals surface area contributed by atoms with Crippen LogP contribution in [0.15, 0.2) is 71.1 Å². The van der Waals surface area contributed by atoms with E-state index in [0.29, 0.717) is 44.9 Å². The summed E-state index contributed by atoms with van der Waals surface area (Å²) in [7, 11) is 1.60. The fraction of sp³-hybridized carbons (Fsp3) is 0.310. The summed E-state index contributed by atoms with van der Waals surface area (Å²) in [6.45, 7) is 7.61. The molecule has 2 aromatic rings. The maximum Gasteiger partial charge on any atom is 0.338 e. The first kappa shape index (κ1) is 31.5. The summed E-state index contributed by atoms with van der Waals surface area (Å²) in [6, 6.07) is 12.8. The van der Waals surface area contributed by atoms with Crippen LogP contribution in [0, 0.1) is 5.82 Å². The molecule has 0 spiro atoms. The van der Waals surface area contributed by atoms with Gasteiger partial charge in [0.1, 0.15) is 11.6 Å². The van der Waals surface area contributed by atoms with E-state index in [-0.39, 0.29) is 18.6 Å². The summed E-state index contributed by atoms with van der Waals surface area (Å²) in [5.41, 5.74) is 3.38. The molecule has 4 rings (SSSR count). The Kier molecular flexibility index (Phi) is 11.2. The number of methoxy groups -OCH3 is 1. The van der Waals surface area contributed by atoms with Crippen LogP contribution in [-0.4, -0.2) is 42.5 Å². The van der Waals surface area contributed by atoms with Crippen LogP contribution in [0.3, 0.4) is 0 Å². The minimum absolute atomic E-state index is 0.254. The number of carbonyl (C=O) groups excluding carboxylic acids is 2. The highest BCUT2D eigenvalue weighted by Gasteiger charge is 2.33. The van der Waals surface area contributed by atoms with Crippen molar-refractivity contribution in [3.05, 3.63) is 88.0 Å². The Balaban J connectivity index is 0.000000226. The lowest BCUT2D eigenvalue weighted by Gasteiger charge is -2.30. The second-order valence-electron chi connectivity index (χ2n) is 8.88. The van der Waals surface area contributed by atoms with Crippen LogP contribution in [0.4, 0.5) is 4.39 Å². The van der Waals surface area contributed by atoms with Gasteiger partial charge >= 0.3 is 11.9 Å². The van der Waals surface area contributed by atoms with E-state index in [1.54, 1.807) is 46.1 Å². The van der Waals surface area contributed by atoms with E-state index in [9.17, 15) is 14.0 Å². The van der Waals surface area contributed by atoms with Crippen molar-refractivity contribution in [2.45, 2.75) is 39.8 Å². The van der Waals surface area contributed by atoms with Crippen LogP contribution >= 0.6 is 24.4 Å². The Morgan fingerprint density at radius 1 is 0.829 bits per heavy atom. The van der Waals surface area contributed by atoms with Gasteiger partial charge in [0.15, 0.2) is 10.2 Å². The van der Waals surface area contributed by atoms with Crippen molar-refractivity contribution in [3.63, 3.8) is 0 Å². The molecule has 2 heterocycles. The minimum Gasteiger partial charge on any atom is -0.497 e. The number of hydrogen-bond donors (Lipinski definition) is 4. The SMILES string of the molecule is CCOC(=O)C1=C(C)NC(=S)NC1c1cccc(OC)c1.CCOC(=O)C1=C(C)NC(=S)NC1c1ccccc1F. The van der Waals surface area contributed by atoms with Gasteiger partial charge < -0.3 is 35.5 Å². The first-order chi connectivity index (χ1) is 19.6. The Labute approximate surface area is 249 Å². The minimum atomic E-state index is -0.649. The van der Waals surface area contributed by atoms with Crippen LogP contribution in [0.25, 0.3) is 0 Å². The summed E-state index contributed by atoms with van der Waals surface area (Å²) in [4.78, 5) is 24.3. The van der Waals surface area contributed by atoms with Gasteiger partial charge in [0.2, 0.25) is 0 Å². The molecule has 41 heavy (non-hydrogen) atoms. The second-order valence-corrected chi connectivity index (χ2v) is 9.70. The monoisotopic (exact) mass is 600 g/mol. The first-order valence-corrected chi connectivity index (χ1v) is 13.7. The summed E-state index contributed by atoms with van der Waals surface area (Å²) in [6.07, 6.45) is 0. The number of halogens is 1. The van der Waals surface area contributed by atoms with E-state index in [2.05, 4.69) is 21.3 Å². The van der Waals surface area contributed by atoms with Crippen molar-refractivity contribution in [1.29, 1.82) is 0 Å². The molecule has 0 saturated heterocycles. The van der Waals surface area contributed by atoms with E-state index >= 15 is 0 Å². The Hall–Kier alpha value is -4.03. The maximum absolute atomic E-state index is 14.0. The molecule has 0 bridgehead atoms. The maximum atomic E-state index is 14.0. The molecule has 2 aliphatic heterocycles. The highest BCUT2D eigenvalue weighted by Crippen LogP contribution is 2.30. The normalized spacial score (nSPS) is 18.1. The molecule has 218 valence electrons. The zero-order valence-electron chi connectivity index (χ0n) is 23.4. The van der Waals surface area contributed by atoms with Gasteiger partial charge in [-0.1, -0.05) is 30.3 Å². The number of esters is 2. The smallest absolute Gasteiger partial charge is 0.338 e. The Morgan fingerprint density at radius 3 is 1.90 bits per heavy atom. The van der Waals surface area contributed by atoms with Gasteiger partial charge in [-0.2, -0.15) is 0 Å². The molecule has 2 aromatic carbocycles. The average molecular weight is 601 g/mol. The third-order valence-corrected chi connectivity index (χ3v) is 6.61. The van der Waals surface area contributed by atoms with E-state index in [1.807, 2.05) is 31.2 Å². The molecule has 0 fully saturated rings. The standard InChI is InChI=1S/C15H18N2O3S.C14H15FN2O2S/c1-4-20-14(18)12-9(2)16-15(21)17-13(12)10-6-5-7-11(8-10)19-3;1-3-19-13(18)11-8(2)16-14(20)17-12(11)9-6-4-5-7-10(9)15/h5-8,13H,4H2,1-3H3,(H2,16,17,21);4-7,12H,3H2,1-2H3,(H2,16,17,20). The number of nitrogens with one attached hydrogen (secondary N) is 4. The summed E-state index contributed by atoms with van der Waals surface area (Å²) in [5, 5.41) is 12.7. The number of hydrogen-bond acceptors (Lipinski definition) is 7. The topological polar surface area (TPSA) is 110 Å². The summed E-state index contributed by atoms with van der Waals surface area (Å²) >= 11 is 10.3. The molecule has 12 heteroatoms. The first-order valence-electron chi connectivity index (χ1n) is 12.9. The van der Waals surface area contributed by atoms with Crippen molar-refractivity contribution in [2.75, 3.05) is 20.3 Å². The lowest BCUT2D eigenvalue weighted by atomic mass is 9.95. The molecule has 9 nitrogen and oxygen atoms in total. The number of rotatable bonds is 7. The third kappa shape index (κ3) is 7.80. The van der Waals surface area contributed by atoms with Crippen LogP contribution in [0.5, 0.6) is 5.75 Å². The lowest BCUT2D eigenvalue weighted by Crippen LogP contribution is -2.45. The number of benzene rings is 2. The molecule has 2 atom stereocenters. The van der Waals surface area contributed by atoms with E-state index in [4.69, 9.17) is 38.6 Å². The predicted octanol–water partition coefficient (Wildman–Crippen LogP) is 4.23. The Morgan fingerprint density at radius 2 is 1.37 bits per heavy atom. The average Bonchev–Trinajstić information content (AvgIpc) is 2.93. The lowest BCUT2D eigenvalue weighted by molar-refractivity contribution is -0.140. The molecule has 0 aromatic heterocycles. The van der Waals surface area contributed by atoms with E-state index < -0.39 is 17.8 Å². The molecule has 0 radical (unpaired) electrons. The molecular formula is C29H33FN4O5S2. The van der Waals surface area contributed by atoms with Gasteiger partial charge in [-0.05, 0) is 75.9 Å². The molecule has 2 unspecified atom stereocenters. The van der Waals surface area contributed by atoms with Crippen LogP contribution in [0.1, 0.15) is 50.9 Å². The van der Waals surface area contributed by atoms with Crippen molar-refractivity contribution in [3.8, 4) is 5.75 Å². The van der Waals surface area contributed by atoms with Crippen LogP contribution < -0.4 is 26.0 Å². The van der Waals surface area contributed by atoms with Crippen molar-refractivity contribution in [2.24, 2.45) is 0 Å². The highest BCUT2D eigenvalue weighted by molar-refractivity contribution is 7.80. The van der Waals surface area contributed by atoms with Crippen LogP contribution in [-0.2, 0) is 19.1 Å². The molecular weight excluding hydrogens is 567 g/mol. The number of carbonyl (C=O) groups is 2. The number of allylic oxidation sites excluding steroid dienone is 2. The third-order valence-electron chi connectivity index (χ3n) is 6.17. The fourth-order valence-corrected chi connectivity index (χ4v) is 4.90. The molecule has 0 saturated carbocycles. The summed E-state index contributed by atoms with van der Waals surface area (Å²) in [5.74, 6) is -0.519. The van der Waals surface area contributed by atoms with Crippen molar-refractivity contribution >= 4 is 46.6 Å². The molecule has 2 aliphatic rings.